The van der Waals surface area contributed by atoms with Crippen LogP contribution in [0.15, 0.2) is 47.2 Å². The summed E-state index contributed by atoms with van der Waals surface area (Å²) in [5, 5.41) is 4.67. The Morgan fingerprint density at radius 1 is 1.08 bits per heavy atom. The summed E-state index contributed by atoms with van der Waals surface area (Å²) in [7, 11) is 0. The number of piperazine rings is 1. The molecule has 5 rings (SSSR count). The Labute approximate surface area is 221 Å². The number of aromatic nitrogens is 3. The number of carbonyl (C=O) groups excluding carboxylic acids is 2. The average Bonchev–Trinajstić information content (AvgIpc) is 3.49. The standard InChI is InChI=1S/C29H33FN6O2/c1-17(2)21-14-24(20-9-7-18(3)22(30)13-20)33-36-15-25(32-26(21)36)28(38)35-12-11-34(16-29(35,5)6)27(37)23-10-8-19(4)31-23/h7,9-10,13-15,17H,8,11-12,16H2,1-6H3. The first kappa shape index (κ1) is 25.8. The lowest BCUT2D eigenvalue weighted by Crippen LogP contribution is -2.62. The van der Waals surface area contributed by atoms with E-state index in [1.165, 1.54) is 6.07 Å². The zero-order valence-corrected chi connectivity index (χ0v) is 22.7. The highest BCUT2D eigenvalue weighted by Gasteiger charge is 2.40. The molecule has 0 aliphatic carbocycles. The molecule has 4 heterocycles. The van der Waals surface area contributed by atoms with Gasteiger partial charge < -0.3 is 9.80 Å². The largest absolute Gasteiger partial charge is 0.333 e. The number of halogens is 1. The number of aliphatic imine (C=N–C) groups is 1. The van der Waals surface area contributed by atoms with Crippen molar-refractivity contribution in [2.75, 3.05) is 19.6 Å². The van der Waals surface area contributed by atoms with Gasteiger partial charge in [0.15, 0.2) is 5.65 Å². The lowest BCUT2D eigenvalue weighted by atomic mass is 9.98. The van der Waals surface area contributed by atoms with Crippen molar-refractivity contribution in [3.8, 4) is 11.3 Å². The lowest BCUT2D eigenvalue weighted by Gasteiger charge is -2.46. The molecule has 2 aliphatic rings. The van der Waals surface area contributed by atoms with Crippen molar-refractivity contribution in [2.24, 2.45) is 4.99 Å². The summed E-state index contributed by atoms with van der Waals surface area (Å²) < 4.78 is 15.9. The third-order valence-corrected chi connectivity index (χ3v) is 7.32. The first-order chi connectivity index (χ1) is 17.9. The molecule has 8 nitrogen and oxygen atoms in total. The number of imidazole rings is 1. The van der Waals surface area contributed by atoms with E-state index in [9.17, 15) is 14.0 Å². The van der Waals surface area contributed by atoms with E-state index < -0.39 is 5.54 Å². The van der Waals surface area contributed by atoms with Gasteiger partial charge in [-0.15, -0.1) is 0 Å². The molecule has 1 fully saturated rings. The molecule has 0 N–H and O–H groups in total. The first-order valence-electron chi connectivity index (χ1n) is 13.0. The topological polar surface area (TPSA) is 83.2 Å². The third kappa shape index (κ3) is 4.61. The van der Waals surface area contributed by atoms with Crippen LogP contribution in [-0.2, 0) is 4.79 Å². The molecular weight excluding hydrogens is 483 g/mol. The second kappa shape index (κ2) is 9.45. The molecule has 0 bridgehead atoms. The number of benzene rings is 1. The van der Waals surface area contributed by atoms with E-state index in [4.69, 9.17) is 4.98 Å². The van der Waals surface area contributed by atoms with E-state index in [-0.39, 0.29) is 23.5 Å². The Hall–Kier alpha value is -3.88. The number of allylic oxidation sites excluding steroid dienone is 1. The smallest absolute Gasteiger partial charge is 0.274 e. The predicted octanol–water partition coefficient (Wildman–Crippen LogP) is 4.78. The molecule has 9 heteroatoms. The molecule has 2 aliphatic heterocycles. The van der Waals surface area contributed by atoms with Gasteiger partial charge in [0.2, 0.25) is 0 Å². The van der Waals surface area contributed by atoms with E-state index in [0.717, 1.165) is 11.3 Å². The van der Waals surface area contributed by atoms with Gasteiger partial charge in [0.1, 0.15) is 17.2 Å². The Bertz CT molecular complexity index is 1520. The van der Waals surface area contributed by atoms with E-state index in [0.29, 0.717) is 59.9 Å². The van der Waals surface area contributed by atoms with Crippen molar-refractivity contribution in [1.82, 2.24) is 24.4 Å². The van der Waals surface area contributed by atoms with Crippen LogP contribution < -0.4 is 0 Å². The van der Waals surface area contributed by atoms with Crippen molar-refractivity contribution in [3.05, 3.63) is 64.9 Å². The molecule has 38 heavy (non-hydrogen) atoms. The molecule has 1 aromatic carbocycles. The van der Waals surface area contributed by atoms with E-state index in [1.54, 1.807) is 33.5 Å². The van der Waals surface area contributed by atoms with Gasteiger partial charge >= 0.3 is 0 Å². The molecule has 0 unspecified atom stereocenters. The summed E-state index contributed by atoms with van der Waals surface area (Å²) in [6.45, 7) is 12.9. The summed E-state index contributed by atoms with van der Waals surface area (Å²) in [5.41, 5.74) is 4.48. The van der Waals surface area contributed by atoms with Gasteiger partial charge in [-0.2, -0.15) is 5.10 Å². The predicted molar refractivity (Wildman–Crippen MR) is 145 cm³/mol. The summed E-state index contributed by atoms with van der Waals surface area (Å²) >= 11 is 0. The van der Waals surface area contributed by atoms with Crippen LogP contribution in [0.2, 0.25) is 0 Å². The fourth-order valence-corrected chi connectivity index (χ4v) is 5.10. The highest BCUT2D eigenvalue weighted by atomic mass is 19.1. The molecule has 0 radical (unpaired) electrons. The van der Waals surface area contributed by atoms with Crippen LogP contribution in [0.25, 0.3) is 16.9 Å². The molecular formula is C29H33FN6O2. The lowest BCUT2D eigenvalue weighted by molar-refractivity contribution is -0.131. The van der Waals surface area contributed by atoms with Crippen LogP contribution in [0.5, 0.6) is 0 Å². The van der Waals surface area contributed by atoms with Gasteiger partial charge in [-0.25, -0.2) is 13.9 Å². The molecule has 198 valence electrons. The van der Waals surface area contributed by atoms with Gasteiger partial charge in [0.25, 0.3) is 11.8 Å². The van der Waals surface area contributed by atoms with Crippen molar-refractivity contribution in [3.63, 3.8) is 0 Å². The Balaban J connectivity index is 1.44. The van der Waals surface area contributed by atoms with Crippen LogP contribution >= 0.6 is 0 Å². The molecule has 0 spiro atoms. The van der Waals surface area contributed by atoms with Crippen LogP contribution in [0.4, 0.5) is 4.39 Å². The molecule has 2 aromatic heterocycles. The zero-order chi connectivity index (χ0) is 27.4. The Kier molecular flexibility index (Phi) is 6.41. The summed E-state index contributed by atoms with van der Waals surface area (Å²) in [4.78, 5) is 39.3. The summed E-state index contributed by atoms with van der Waals surface area (Å²) in [6.07, 6.45) is 4.20. The highest BCUT2D eigenvalue weighted by Crippen LogP contribution is 2.29. The fraction of sp³-hybridized carbons (Fsp3) is 0.414. The maximum atomic E-state index is 14.3. The zero-order valence-electron chi connectivity index (χ0n) is 22.7. The second-order valence-electron chi connectivity index (χ2n) is 11.1. The fourth-order valence-electron chi connectivity index (χ4n) is 5.10. The van der Waals surface area contributed by atoms with Crippen LogP contribution in [0.3, 0.4) is 0 Å². The minimum absolute atomic E-state index is 0.0967. The van der Waals surface area contributed by atoms with Crippen molar-refractivity contribution in [2.45, 2.75) is 59.4 Å². The number of amides is 2. The van der Waals surface area contributed by atoms with Gasteiger partial charge in [-0.1, -0.05) is 26.0 Å². The van der Waals surface area contributed by atoms with Crippen LogP contribution in [-0.4, -0.2) is 67.1 Å². The first-order valence-corrected chi connectivity index (χ1v) is 13.0. The summed E-state index contributed by atoms with van der Waals surface area (Å²) in [6, 6.07) is 6.98. The second-order valence-corrected chi connectivity index (χ2v) is 11.1. The highest BCUT2D eigenvalue weighted by molar-refractivity contribution is 6.01. The Morgan fingerprint density at radius 2 is 1.84 bits per heavy atom. The minimum Gasteiger partial charge on any atom is -0.333 e. The average molecular weight is 517 g/mol. The molecule has 2 amide bonds. The third-order valence-electron chi connectivity index (χ3n) is 7.32. The van der Waals surface area contributed by atoms with Crippen molar-refractivity contribution < 1.29 is 14.0 Å². The summed E-state index contributed by atoms with van der Waals surface area (Å²) in [5.74, 6) is -0.482. The van der Waals surface area contributed by atoms with Crippen LogP contribution in [0.1, 0.15) is 68.6 Å². The molecule has 3 aromatic rings. The SMILES string of the molecule is CC1=NC(C(=O)N2CCN(C(=O)c3cn4nc(-c5ccc(C)c(F)c5)cc(C(C)C)c4n3)C(C)(C)C2)=CC1. The van der Waals surface area contributed by atoms with E-state index in [1.807, 2.05) is 39.0 Å². The normalized spacial score (nSPS) is 17.3. The Morgan fingerprint density at radius 3 is 2.47 bits per heavy atom. The number of fused-ring (bicyclic) bond motifs is 1. The number of hydrogen-bond donors (Lipinski definition) is 0. The quantitative estimate of drug-likeness (QED) is 0.500. The number of nitrogens with zero attached hydrogens (tertiary/aromatic N) is 6. The van der Waals surface area contributed by atoms with Crippen molar-refractivity contribution in [1.29, 1.82) is 0 Å². The maximum Gasteiger partial charge on any atom is 0.274 e. The maximum absolute atomic E-state index is 14.3. The molecule has 0 saturated carbocycles. The minimum atomic E-state index is -0.600. The number of carbonyl (C=O) groups is 2. The number of rotatable bonds is 4. The number of hydrogen-bond acceptors (Lipinski definition) is 5. The van der Waals surface area contributed by atoms with Gasteiger partial charge in [-0.05, 0) is 57.4 Å². The molecule has 0 atom stereocenters. The molecule has 1 saturated heterocycles. The van der Waals surface area contributed by atoms with Gasteiger partial charge in [0.05, 0.1) is 17.4 Å². The van der Waals surface area contributed by atoms with E-state index in [2.05, 4.69) is 23.9 Å². The van der Waals surface area contributed by atoms with Gasteiger partial charge in [0, 0.05) is 42.9 Å². The number of aryl methyl sites for hydroxylation is 1. The van der Waals surface area contributed by atoms with Crippen LogP contribution in [0, 0.1) is 12.7 Å². The van der Waals surface area contributed by atoms with Crippen molar-refractivity contribution >= 4 is 23.2 Å². The monoisotopic (exact) mass is 516 g/mol. The van der Waals surface area contributed by atoms with Gasteiger partial charge in [-0.3, -0.25) is 14.6 Å². The van der Waals surface area contributed by atoms with E-state index >= 15 is 0 Å².